The van der Waals surface area contributed by atoms with Crippen LogP contribution in [0.2, 0.25) is 0 Å². The van der Waals surface area contributed by atoms with E-state index in [1.165, 1.54) is 11.1 Å². The molecule has 1 aliphatic rings. The molecule has 2 unspecified atom stereocenters. The minimum Gasteiger partial charge on any atom is -0.337 e. The van der Waals surface area contributed by atoms with E-state index in [4.69, 9.17) is 11.5 Å². The highest BCUT2D eigenvalue weighted by atomic mass is 16.2. The molecular formula is C20H25N3O. The summed E-state index contributed by atoms with van der Waals surface area (Å²) in [5, 5.41) is 0. The van der Waals surface area contributed by atoms with E-state index in [0.717, 1.165) is 24.9 Å². The van der Waals surface area contributed by atoms with Crippen molar-refractivity contribution < 1.29 is 4.79 Å². The van der Waals surface area contributed by atoms with Gasteiger partial charge in [-0.2, -0.15) is 0 Å². The van der Waals surface area contributed by atoms with Gasteiger partial charge in [-0.25, -0.2) is 0 Å². The lowest BCUT2D eigenvalue weighted by Gasteiger charge is -2.26. The van der Waals surface area contributed by atoms with Gasteiger partial charge in [0.05, 0.1) is 6.04 Å². The zero-order valence-corrected chi connectivity index (χ0v) is 13.9. The molecule has 3 rings (SSSR count). The molecule has 2 aromatic carbocycles. The van der Waals surface area contributed by atoms with Crippen LogP contribution in [0, 0.1) is 0 Å². The summed E-state index contributed by atoms with van der Waals surface area (Å²) in [5.41, 5.74) is 15.4. The van der Waals surface area contributed by atoms with Gasteiger partial charge < -0.3 is 16.4 Å². The summed E-state index contributed by atoms with van der Waals surface area (Å²) >= 11 is 0. The monoisotopic (exact) mass is 323 g/mol. The molecule has 1 heterocycles. The van der Waals surface area contributed by atoms with E-state index in [0.29, 0.717) is 13.0 Å². The molecule has 1 amide bonds. The lowest BCUT2D eigenvalue weighted by atomic mass is 10.0. The van der Waals surface area contributed by atoms with Crippen LogP contribution in [-0.2, 0) is 11.2 Å². The summed E-state index contributed by atoms with van der Waals surface area (Å²) in [6.07, 6.45) is 2.56. The summed E-state index contributed by atoms with van der Waals surface area (Å²) in [5.74, 6) is 0.0232. The molecule has 4 heteroatoms. The number of rotatable bonds is 5. The SMILES string of the molecule is NCC1CCCN1C(=O)C(N)Cc1ccc(-c2ccccc2)cc1. The van der Waals surface area contributed by atoms with Crippen LogP contribution in [0.15, 0.2) is 54.6 Å². The first-order valence-corrected chi connectivity index (χ1v) is 8.59. The molecule has 24 heavy (non-hydrogen) atoms. The van der Waals surface area contributed by atoms with Gasteiger partial charge in [0.15, 0.2) is 0 Å². The van der Waals surface area contributed by atoms with Crippen molar-refractivity contribution in [1.29, 1.82) is 0 Å². The fourth-order valence-corrected chi connectivity index (χ4v) is 3.39. The molecule has 0 aliphatic carbocycles. The Labute approximate surface area is 143 Å². The molecule has 2 atom stereocenters. The van der Waals surface area contributed by atoms with E-state index in [1.807, 2.05) is 23.1 Å². The average molecular weight is 323 g/mol. The third-order valence-corrected chi connectivity index (χ3v) is 4.77. The molecular weight excluding hydrogens is 298 g/mol. The van der Waals surface area contributed by atoms with Crippen molar-refractivity contribution in [3.05, 3.63) is 60.2 Å². The van der Waals surface area contributed by atoms with Crippen molar-refractivity contribution in [2.45, 2.75) is 31.3 Å². The number of amides is 1. The van der Waals surface area contributed by atoms with Crippen LogP contribution in [-0.4, -0.2) is 36.0 Å². The van der Waals surface area contributed by atoms with Crippen molar-refractivity contribution in [2.24, 2.45) is 11.5 Å². The number of hydrogen-bond acceptors (Lipinski definition) is 3. The quantitative estimate of drug-likeness (QED) is 0.886. The van der Waals surface area contributed by atoms with E-state index in [9.17, 15) is 4.79 Å². The van der Waals surface area contributed by atoms with Crippen molar-refractivity contribution in [3.63, 3.8) is 0 Å². The molecule has 4 nitrogen and oxygen atoms in total. The van der Waals surface area contributed by atoms with Gasteiger partial charge in [0.2, 0.25) is 5.91 Å². The number of benzene rings is 2. The third-order valence-electron chi connectivity index (χ3n) is 4.77. The molecule has 1 fully saturated rings. The van der Waals surface area contributed by atoms with Gasteiger partial charge in [0.25, 0.3) is 0 Å². The number of carbonyl (C=O) groups excluding carboxylic acids is 1. The second kappa shape index (κ2) is 7.60. The summed E-state index contributed by atoms with van der Waals surface area (Å²) < 4.78 is 0. The zero-order valence-electron chi connectivity index (χ0n) is 13.9. The van der Waals surface area contributed by atoms with Crippen LogP contribution in [0.3, 0.4) is 0 Å². The minimum atomic E-state index is -0.500. The third kappa shape index (κ3) is 3.66. The number of nitrogens with zero attached hydrogens (tertiary/aromatic N) is 1. The maximum atomic E-state index is 12.6. The fraction of sp³-hybridized carbons (Fsp3) is 0.350. The zero-order chi connectivity index (χ0) is 16.9. The second-order valence-electron chi connectivity index (χ2n) is 6.44. The largest absolute Gasteiger partial charge is 0.337 e. The van der Waals surface area contributed by atoms with E-state index in [2.05, 4.69) is 36.4 Å². The highest BCUT2D eigenvalue weighted by molar-refractivity contribution is 5.82. The Balaban J connectivity index is 1.64. The van der Waals surface area contributed by atoms with Gasteiger partial charge in [0.1, 0.15) is 0 Å². The van der Waals surface area contributed by atoms with Crippen molar-refractivity contribution in [3.8, 4) is 11.1 Å². The van der Waals surface area contributed by atoms with Crippen molar-refractivity contribution in [1.82, 2.24) is 4.90 Å². The Morgan fingerprint density at radius 2 is 1.75 bits per heavy atom. The van der Waals surface area contributed by atoms with Crippen LogP contribution in [0.25, 0.3) is 11.1 Å². The standard InChI is InChI=1S/C20H25N3O/c21-14-18-7-4-12-23(18)20(24)19(22)13-15-8-10-17(11-9-15)16-5-2-1-3-6-16/h1-3,5-6,8-11,18-19H,4,7,12-14,21-22H2. The van der Waals surface area contributed by atoms with Crippen LogP contribution in [0.4, 0.5) is 0 Å². The van der Waals surface area contributed by atoms with Gasteiger partial charge >= 0.3 is 0 Å². The molecule has 126 valence electrons. The van der Waals surface area contributed by atoms with Gasteiger partial charge in [-0.3, -0.25) is 4.79 Å². The maximum absolute atomic E-state index is 12.6. The number of nitrogens with two attached hydrogens (primary N) is 2. The number of carbonyl (C=O) groups is 1. The van der Waals surface area contributed by atoms with Gasteiger partial charge in [-0.15, -0.1) is 0 Å². The molecule has 2 aromatic rings. The summed E-state index contributed by atoms with van der Waals surface area (Å²) in [4.78, 5) is 14.4. The average Bonchev–Trinajstić information content (AvgIpc) is 3.11. The van der Waals surface area contributed by atoms with Crippen LogP contribution < -0.4 is 11.5 Å². The van der Waals surface area contributed by atoms with E-state index in [-0.39, 0.29) is 11.9 Å². The topological polar surface area (TPSA) is 72.3 Å². The lowest BCUT2D eigenvalue weighted by molar-refractivity contribution is -0.133. The summed E-state index contributed by atoms with van der Waals surface area (Å²) in [6.45, 7) is 1.30. The predicted molar refractivity (Wildman–Crippen MR) is 97.3 cm³/mol. The highest BCUT2D eigenvalue weighted by Gasteiger charge is 2.30. The maximum Gasteiger partial charge on any atom is 0.240 e. The number of likely N-dealkylation sites (tertiary alicyclic amines) is 1. The Hall–Kier alpha value is -2.17. The van der Waals surface area contributed by atoms with E-state index in [1.54, 1.807) is 0 Å². The van der Waals surface area contributed by atoms with Gasteiger partial charge in [-0.05, 0) is 36.0 Å². The second-order valence-corrected chi connectivity index (χ2v) is 6.44. The Morgan fingerprint density at radius 3 is 2.42 bits per heavy atom. The van der Waals surface area contributed by atoms with E-state index >= 15 is 0 Å². The Morgan fingerprint density at radius 1 is 1.08 bits per heavy atom. The first-order chi connectivity index (χ1) is 11.7. The van der Waals surface area contributed by atoms with Gasteiger partial charge in [-0.1, -0.05) is 54.6 Å². The molecule has 0 bridgehead atoms. The molecule has 4 N–H and O–H groups in total. The molecule has 1 saturated heterocycles. The van der Waals surface area contributed by atoms with Crippen molar-refractivity contribution >= 4 is 5.91 Å². The van der Waals surface area contributed by atoms with Crippen molar-refractivity contribution in [2.75, 3.05) is 13.1 Å². The first kappa shape index (κ1) is 16.7. The minimum absolute atomic E-state index is 0.0232. The van der Waals surface area contributed by atoms with Crippen LogP contribution >= 0.6 is 0 Å². The van der Waals surface area contributed by atoms with E-state index < -0.39 is 6.04 Å². The lowest BCUT2D eigenvalue weighted by Crippen LogP contribution is -2.48. The van der Waals surface area contributed by atoms with Crippen LogP contribution in [0.5, 0.6) is 0 Å². The molecule has 0 radical (unpaired) electrons. The Bertz CT molecular complexity index is 669. The normalized spacial score (nSPS) is 18.6. The molecule has 0 aromatic heterocycles. The smallest absolute Gasteiger partial charge is 0.240 e. The summed E-state index contributed by atoms with van der Waals surface area (Å²) in [7, 11) is 0. The molecule has 0 spiro atoms. The van der Waals surface area contributed by atoms with Crippen LogP contribution in [0.1, 0.15) is 18.4 Å². The summed E-state index contributed by atoms with van der Waals surface area (Å²) in [6, 6.07) is 18.2. The molecule has 1 aliphatic heterocycles. The Kier molecular flexibility index (Phi) is 5.28. The molecule has 0 saturated carbocycles. The van der Waals surface area contributed by atoms with Gasteiger partial charge in [0, 0.05) is 19.1 Å². The predicted octanol–water partition coefficient (Wildman–Crippen LogP) is 2.17. The highest BCUT2D eigenvalue weighted by Crippen LogP contribution is 2.21. The first-order valence-electron chi connectivity index (χ1n) is 8.59. The fourth-order valence-electron chi connectivity index (χ4n) is 3.39. The number of hydrogen-bond donors (Lipinski definition) is 2.